The largest absolute Gasteiger partial charge is 0.371 e. The second kappa shape index (κ2) is 6.95. The molecule has 2 nitrogen and oxygen atoms in total. The smallest absolute Gasteiger partial charge is 0.0423 e. The molecule has 20 heavy (non-hydrogen) atoms. The van der Waals surface area contributed by atoms with Crippen molar-refractivity contribution in [1.29, 1.82) is 0 Å². The fourth-order valence-electron chi connectivity index (χ4n) is 2.73. The monoisotopic (exact) mass is 338 g/mol. The second-order valence-electron chi connectivity index (χ2n) is 6.60. The van der Waals surface area contributed by atoms with E-state index in [-0.39, 0.29) is 0 Å². The first-order valence-electron chi connectivity index (χ1n) is 7.76. The van der Waals surface area contributed by atoms with Gasteiger partial charge in [0.25, 0.3) is 0 Å². The summed E-state index contributed by atoms with van der Waals surface area (Å²) in [5.41, 5.74) is 3.32. The van der Waals surface area contributed by atoms with E-state index in [1.165, 1.54) is 48.1 Å². The van der Waals surface area contributed by atoms with Crippen LogP contribution in [0.4, 0.5) is 5.69 Å². The lowest BCUT2D eigenvalue weighted by molar-refractivity contribution is 0.279. The summed E-state index contributed by atoms with van der Waals surface area (Å²) in [6.07, 6.45) is 3.74. The SMILES string of the molecule is CCCNCc1ccc(Br)cc1N1CCC(C)(C)CC1. The number of rotatable bonds is 5. The van der Waals surface area contributed by atoms with Gasteiger partial charge in [-0.2, -0.15) is 0 Å². The molecule has 0 spiro atoms. The molecule has 1 aromatic carbocycles. The summed E-state index contributed by atoms with van der Waals surface area (Å²) in [4.78, 5) is 2.55. The molecule has 112 valence electrons. The highest BCUT2D eigenvalue weighted by molar-refractivity contribution is 9.10. The Morgan fingerprint density at radius 1 is 1.25 bits per heavy atom. The maximum absolute atomic E-state index is 3.62. The van der Waals surface area contributed by atoms with Crippen LogP contribution in [0.3, 0.4) is 0 Å². The Balaban J connectivity index is 2.11. The molecular weight excluding hydrogens is 312 g/mol. The first-order valence-corrected chi connectivity index (χ1v) is 8.55. The molecule has 0 amide bonds. The van der Waals surface area contributed by atoms with E-state index in [1.54, 1.807) is 0 Å². The van der Waals surface area contributed by atoms with E-state index in [1.807, 2.05) is 0 Å². The second-order valence-corrected chi connectivity index (χ2v) is 7.52. The number of nitrogens with one attached hydrogen (secondary N) is 1. The molecule has 0 saturated carbocycles. The van der Waals surface area contributed by atoms with Gasteiger partial charge >= 0.3 is 0 Å². The summed E-state index contributed by atoms with van der Waals surface area (Å²) in [5.74, 6) is 0. The lowest BCUT2D eigenvalue weighted by atomic mass is 9.82. The molecule has 0 aliphatic carbocycles. The highest BCUT2D eigenvalue weighted by Gasteiger charge is 2.26. The molecule has 1 heterocycles. The lowest BCUT2D eigenvalue weighted by Gasteiger charge is -2.39. The van der Waals surface area contributed by atoms with Crippen molar-refractivity contribution in [3.8, 4) is 0 Å². The van der Waals surface area contributed by atoms with Gasteiger partial charge in [0.1, 0.15) is 0 Å². The van der Waals surface area contributed by atoms with E-state index < -0.39 is 0 Å². The van der Waals surface area contributed by atoms with Crippen LogP contribution in [-0.2, 0) is 6.54 Å². The third kappa shape index (κ3) is 4.23. The van der Waals surface area contributed by atoms with Gasteiger partial charge < -0.3 is 10.2 Å². The van der Waals surface area contributed by atoms with Crippen LogP contribution in [0, 0.1) is 5.41 Å². The number of hydrogen-bond donors (Lipinski definition) is 1. The van der Waals surface area contributed by atoms with Gasteiger partial charge in [0.2, 0.25) is 0 Å². The number of halogens is 1. The Morgan fingerprint density at radius 3 is 2.60 bits per heavy atom. The quantitative estimate of drug-likeness (QED) is 0.790. The van der Waals surface area contributed by atoms with Crippen molar-refractivity contribution in [1.82, 2.24) is 5.32 Å². The maximum Gasteiger partial charge on any atom is 0.0423 e. The van der Waals surface area contributed by atoms with Crippen LogP contribution in [0.2, 0.25) is 0 Å². The highest BCUT2D eigenvalue weighted by Crippen LogP contribution is 2.34. The predicted octanol–water partition coefficient (Wildman–Crippen LogP) is 4.58. The third-order valence-electron chi connectivity index (χ3n) is 4.25. The zero-order chi connectivity index (χ0) is 14.6. The summed E-state index contributed by atoms with van der Waals surface area (Å²) in [6.45, 7) is 11.4. The fraction of sp³-hybridized carbons (Fsp3) is 0.647. The van der Waals surface area contributed by atoms with E-state index in [4.69, 9.17) is 0 Å². The number of anilines is 1. The van der Waals surface area contributed by atoms with Gasteiger partial charge in [-0.05, 0) is 48.9 Å². The van der Waals surface area contributed by atoms with E-state index in [0.29, 0.717) is 5.41 Å². The van der Waals surface area contributed by atoms with Gasteiger partial charge in [-0.1, -0.05) is 42.8 Å². The Morgan fingerprint density at radius 2 is 1.95 bits per heavy atom. The molecule has 1 aliphatic heterocycles. The Labute approximate surface area is 132 Å². The molecule has 1 fully saturated rings. The van der Waals surface area contributed by atoms with Gasteiger partial charge in [0, 0.05) is 29.8 Å². The van der Waals surface area contributed by atoms with Crippen LogP contribution in [0.1, 0.15) is 45.6 Å². The minimum atomic E-state index is 0.503. The number of hydrogen-bond acceptors (Lipinski definition) is 2. The zero-order valence-corrected chi connectivity index (χ0v) is 14.6. The van der Waals surface area contributed by atoms with Gasteiger partial charge in [0.05, 0.1) is 0 Å². The Hall–Kier alpha value is -0.540. The molecule has 0 atom stereocenters. The number of benzene rings is 1. The van der Waals surface area contributed by atoms with Crippen LogP contribution in [0.25, 0.3) is 0 Å². The highest BCUT2D eigenvalue weighted by atomic mass is 79.9. The minimum absolute atomic E-state index is 0.503. The zero-order valence-electron chi connectivity index (χ0n) is 13.0. The number of piperidine rings is 1. The molecule has 1 saturated heterocycles. The van der Waals surface area contributed by atoms with E-state index in [2.05, 4.69) is 65.1 Å². The van der Waals surface area contributed by atoms with Gasteiger partial charge in [-0.25, -0.2) is 0 Å². The first kappa shape index (κ1) is 15.8. The molecule has 0 radical (unpaired) electrons. The van der Waals surface area contributed by atoms with E-state index in [0.717, 1.165) is 13.1 Å². The summed E-state index contributed by atoms with van der Waals surface area (Å²) in [7, 11) is 0. The predicted molar refractivity (Wildman–Crippen MR) is 91.4 cm³/mol. The molecule has 3 heteroatoms. The van der Waals surface area contributed by atoms with Crippen LogP contribution in [-0.4, -0.2) is 19.6 Å². The van der Waals surface area contributed by atoms with Crippen LogP contribution in [0.15, 0.2) is 22.7 Å². The summed E-state index contributed by atoms with van der Waals surface area (Å²) >= 11 is 3.62. The third-order valence-corrected chi connectivity index (χ3v) is 4.74. The molecule has 2 rings (SSSR count). The molecule has 1 aromatic rings. The summed E-state index contributed by atoms with van der Waals surface area (Å²) in [6, 6.07) is 6.68. The topological polar surface area (TPSA) is 15.3 Å². The van der Waals surface area contributed by atoms with E-state index in [9.17, 15) is 0 Å². The maximum atomic E-state index is 3.62. The molecule has 0 unspecified atom stereocenters. The Kier molecular flexibility index (Phi) is 5.50. The molecule has 0 bridgehead atoms. The van der Waals surface area contributed by atoms with Crippen molar-refractivity contribution in [2.45, 2.75) is 46.6 Å². The van der Waals surface area contributed by atoms with Crippen molar-refractivity contribution >= 4 is 21.6 Å². The van der Waals surface area contributed by atoms with Gasteiger partial charge in [-0.15, -0.1) is 0 Å². The van der Waals surface area contributed by atoms with Crippen molar-refractivity contribution in [3.05, 3.63) is 28.2 Å². The lowest BCUT2D eigenvalue weighted by Crippen LogP contribution is -2.38. The number of nitrogens with zero attached hydrogens (tertiary/aromatic N) is 1. The Bertz CT molecular complexity index is 433. The van der Waals surface area contributed by atoms with Crippen molar-refractivity contribution in [2.24, 2.45) is 5.41 Å². The standard InChI is InChI=1S/C17H27BrN2/c1-4-9-19-13-14-5-6-15(18)12-16(14)20-10-7-17(2,3)8-11-20/h5-6,12,19H,4,7-11,13H2,1-3H3. The fourth-order valence-corrected chi connectivity index (χ4v) is 3.08. The summed E-state index contributed by atoms with van der Waals surface area (Å²) < 4.78 is 1.18. The van der Waals surface area contributed by atoms with Crippen molar-refractivity contribution < 1.29 is 0 Å². The summed E-state index contributed by atoms with van der Waals surface area (Å²) in [5, 5.41) is 3.52. The molecular formula is C17H27BrN2. The van der Waals surface area contributed by atoms with Crippen LogP contribution >= 0.6 is 15.9 Å². The van der Waals surface area contributed by atoms with Gasteiger partial charge in [-0.3, -0.25) is 0 Å². The molecule has 1 aliphatic rings. The average molecular weight is 339 g/mol. The van der Waals surface area contributed by atoms with Crippen LogP contribution in [0.5, 0.6) is 0 Å². The van der Waals surface area contributed by atoms with Crippen molar-refractivity contribution in [2.75, 3.05) is 24.5 Å². The molecule has 1 N–H and O–H groups in total. The molecule has 0 aromatic heterocycles. The van der Waals surface area contributed by atoms with Gasteiger partial charge in [0.15, 0.2) is 0 Å². The normalized spacial score (nSPS) is 18.3. The van der Waals surface area contributed by atoms with E-state index >= 15 is 0 Å². The van der Waals surface area contributed by atoms with Crippen LogP contribution < -0.4 is 10.2 Å². The van der Waals surface area contributed by atoms with Crippen molar-refractivity contribution in [3.63, 3.8) is 0 Å². The first-order chi connectivity index (χ1) is 9.52. The minimum Gasteiger partial charge on any atom is -0.371 e. The average Bonchev–Trinajstić information content (AvgIpc) is 2.41.